The molecule has 2 rings (SSSR count). The maximum absolute atomic E-state index is 13.9. The molecular weight excluding hydrogens is 260 g/mol. The minimum Gasteiger partial charge on any atom is -0.370 e. The zero-order chi connectivity index (χ0) is 14.7. The predicted octanol–water partition coefficient (Wildman–Crippen LogP) is 3.98. The summed E-state index contributed by atoms with van der Waals surface area (Å²) in [5, 5.41) is 3.08. The average molecular weight is 277 g/mol. The molecular formula is C15H17F2N3. The number of nitrogens with zero attached hydrogens (tertiary/aromatic N) is 2. The van der Waals surface area contributed by atoms with Crippen LogP contribution in [0.25, 0.3) is 11.3 Å². The summed E-state index contributed by atoms with van der Waals surface area (Å²) in [6.07, 6.45) is 0. The number of benzene rings is 1. The Balaban J connectivity index is 2.57. The summed E-state index contributed by atoms with van der Waals surface area (Å²) in [6.45, 7) is 6.55. The van der Waals surface area contributed by atoms with Crippen LogP contribution in [0, 0.1) is 11.6 Å². The van der Waals surface area contributed by atoms with Gasteiger partial charge in [-0.1, -0.05) is 19.9 Å². The Hall–Kier alpha value is -2.04. The van der Waals surface area contributed by atoms with Gasteiger partial charge in [0.1, 0.15) is 11.6 Å². The van der Waals surface area contributed by atoms with Crippen LogP contribution >= 0.6 is 0 Å². The van der Waals surface area contributed by atoms with Crippen molar-refractivity contribution in [3.8, 4) is 11.3 Å². The van der Waals surface area contributed by atoms with Crippen molar-refractivity contribution in [2.75, 3.05) is 11.9 Å². The summed E-state index contributed by atoms with van der Waals surface area (Å²) in [5.74, 6) is -0.448. The van der Waals surface area contributed by atoms with E-state index < -0.39 is 11.6 Å². The monoisotopic (exact) mass is 277 g/mol. The molecule has 0 spiro atoms. The molecule has 1 heterocycles. The van der Waals surface area contributed by atoms with E-state index in [4.69, 9.17) is 0 Å². The fourth-order valence-corrected chi connectivity index (χ4v) is 1.84. The molecule has 0 aliphatic heterocycles. The first-order valence-electron chi connectivity index (χ1n) is 6.60. The van der Waals surface area contributed by atoms with Crippen molar-refractivity contribution in [3.63, 3.8) is 0 Å². The Bertz CT molecular complexity index is 612. The number of anilines is 1. The first-order chi connectivity index (χ1) is 9.52. The number of aromatic nitrogens is 2. The average Bonchev–Trinajstić information content (AvgIpc) is 2.42. The molecule has 1 aromatic heterocycles. The summed E-state index contributed by atoms with van der Waals surface area (Å²) in [7, 11) is 0. The van der Waals surface area contributed by atoms with Gasteiger partial charge in [-0.05, 0) is 19.1 Å². The van der Waals surface area contributed by atoms with E-state index in [0.717, 1.165) is 6.07 Å². The van der Waals surface area contributed by atoms with Crippen molar-refractivity contribution in [1.82, 2.24) is 9.97 Å². The van der Waals surface area contributed by atoms with Gasteiger partial charge in [0.2, 0.25) is 0 Å². The summed E-state index contributed by atoms with van der Waals surface area (Å²) in [6, 6.07) is 5.71. The second kappa shape index (κ2) is 5.94. The third-order valence-electron chi connectivity index (χ3n) is 2.85. The molecule has 0 radical (unpaired) electrons. The van der Waals surface area contributed by atoms with Gasteiger partial charge in [0, 0.05) is 24.1 Å². The van der Waals surface area contributed by atoms with Crippen LogP contribution in [0.5, 0.6) is 0 Å². The van der Waals surface area contributed by atoms with Crippen LogP contribution in [-0.4, -0.2) is 16.5 Å². The molecule has 1 aromatic carbocycles. The van der Waals surface area contributed by atoms with Crippen molar-refractivity contribution in [2.45, 2.75) is 26.7 Å². The zero-order valence-electron chi connectivity index (χ0n) is 11.7. The molecule has 106 valence electrons. The highest BCUT2D eigenvalue weighted by molar-refractivity contribution is 5.63. The largest absolute Gasteiger partial charge is 0.370 e. The fourth-order valence-electron chi connectivity index (χ4n) is 1.84. The number of nitrogens with one attached hydrogen (secondary N) is 1. The SMILES string of the molecule is CCNc1cc(-c2cccc(F)c2F)nc(C(C)C)n1. The first kappa shape index (κ1) is 14.4. The molecule has 0 unspecified atom stereocenters. The summed E-state index contributed by atoms with van der Waals surface area (Å²) in [4.78, 5) is 8.69. The van der Waals surface area contributed by atoms with E-state index in [1.807, 2.05) is 20.8 Å². The number of halogens is 2. The smallest absolute Gasteiger partial charge is 0.168 e. The van der Waals surface area contributed by atoms with E-state index in [0.29, 0.717) is 23.9 Å². The van der Waals surface area contributed by atoms with Crippen LogP contribution in [0.15, 0.2) is 24.3 Å². The lowest BCUT2D eigenvalue weighted by atomic mass is 10.1. The number of rotatable bonds is 4. The van der Waals surface area contributed by atoms with E-state index >= 15 is 0 Å². The van der Waals surface area contributed by atoms with Crippen molar-refractivity contribution in [1.29, 1.82) is 0 Å². The first-order valence-corrected chi connectivity index (χ1v) is 6.60. The van der Waals surface area contributed by atoms with E-state index in [-0.39, 0.29) is 11.5 Å². The quantitative estimate of drug-likeness (QED) is 0.918. The third kappa shape index (κ3) is 2.92. The van der Waals surface area contributed by atoms with Crippen LogP contribution in [0.4, 0.5) is 14.6 Å². The highest BCUT2D eigenvalue weighted by Crippen LogP contribution is 2.26. The molecule has 0 fully saturated rings. The van der Waals surface area contributed by atoms with Crippen LogP contribution in [0.1, 0.15) is 32.5 Å². The van der Waals surface area contributed by atoms with Crippen LogP contribution < -0.4 is 5.32 Å². The molecule has 3 nitrogen and oxygen atoms in total. The van der Waals surface area contributed by atoms with E-state index in [1.54, 1.807) is 6.07 Å². The van der Waals surface area contributed by atoms with Crippen LogP contribution in [0.3, 0.4) is 0 Å². The maximum atomic E-state index is 13.9. The van der Waals surface area contributed by atoms with Crippen molar-refractivity contribution in [3.05, 3.63) is 41.7 Å². The molecule has 1 N–H and O–H groups in total. The van der Waals surface area contributed by atoms with E-state index in [9.17, 15) is 8.78 Å². The highest BCUT2D eigenvalue weighted by atomic mass is 19.2. The van der Waals surface area contributed by atoms with Gasteiger partial charge < -0.3 is 5.32 Å². The summed E-state index contributed by atoms with van der Waals surface area (Å²) >= 11 is 0. The summed E-state index contributed by atoms with van der Waals surface area (Å²) in [5.41, 5.74) is 0.533. The van der Waals surface area contributed by atoms with Crippen LogP contribution in [0.2, 0.25) is 0 Å². The topological polar surface area (TPSA) is 37.8 Å². The molecule has 0 saturated heterocycles. The van der Waals surface area contributed by atoms with Crippen molar-refractivity contribution >= 4 is 5.82 Å². The van der Waals surface area contributed by atoms with Gasteiger partial charge in [0.15, 0.2) is 11.6 Å². The third-order valence-corrected chi connectivity index (χ3v) is 2.85. The van der Waals surface area contributed by atoms with Gasteiger partial charge in [0.05, 0.1) is 5.69 Å². The van der Waals surface area contributed by atoms with Gasteiger partial charge in [-0.25, -0.2) is 18.7 Å². The standard InChI is InChI=1S/C15H17F2N3/c1-4-18-13-8-12(19-15(20-13)9(2)3)10-6-5-7-11(16)14(10)17/h5-9H,4H2,1-3H3,(H,18,19,20). The molecule has 0 saturated carbocycles. The lowest BCUT2D eigenvalue weighted by Gasteiger charge is -2.11. The van der Waals surface area contributed by atoms with Crippen molar-refractivity contribution < 1.29 is 8.78 Å². The fraction of sp³-hybridized carbons (Fsp3) is 0.333. The van der Waals surface area contributed by atoms with Gasteiger partial charge in [-0.15, -0.1) is 0 Å². The molecule has 0 amide bonds. The van der Waals surface area contributed by atoms with Gasteiger partial charge in [-0.3, -0.25) is 0 Å². The Kier molecular flexibility index (Phi) is 4.27. The maximum Gasteiger partial charge on any atom is 0.168 e. The van der Waals surface area contributed by atoms with Gasteiger partial charge >= 0.3 is 0 Å². The number of hydrogen-bond acceptors (Lipinski definition) is 3. The second-order valence-corrected chi connectivity index (χ2v) is 4.78. The predicted molar refractivity (Wildman–Crippen MR) is 75.6 cm³/mol. The molecule has 0 aliphatic carbocycles. The lowest BCUT2D eigenvalue weighted by molar-refractivity contribution is 0.511. The van der Waals surface area contributed by atoms with Gasteiger partial charge in [-0.2, -0.15) is 0 Å². The molecule has 2 aromatic rings. The zero-order valence-corrected chi connectivity index (χ0v) is 11.7. The normalized spacial score (nSPS) is 10.9. The van der Waals surface area contributed by atoms with E-state index in [1.165, 1.54) is 12.1 Å². The molecule has 0 aliphatic rings. The Morgan fingerprint density at radius 2 is 1.95 bits per heavy atom. The highest BCUT2D eigenvalue weighted by Gasteiger charge is 2.14. The molecule has 5 heteroatoms. The minimum atomic E-state index is -0.886. The Morgan fingerprint density at radius 3 is 2.60 bits per heavy atom. The lowest BCUT2D eigenvalue weighted by Crippen LogP contribution is -2.06. The van der Waals surface area contributed by atoms with Gasteiger partial charge in [0.25, 0.3) is 0 Å². The van der Waals surface area contributed by atoms with Crippen molar-refractivity contribution in [2.24, 2.45) is 0 Å². The Morgan fingerprint density at radius 1 is 1.20 bits per heavy atom. The van der Waals surface area contributed by atoms with Crippen LogP contribution in [-0.2, 0) is 0 Å². The molecule has 0 bridgehead atoms. The van der Waals surface area contributed by atoms with E-state index in [2.05, 4.69) is 15.3 Å². The second-order valence-electron chi connectivity index (χ2n) is 4.78. The minimum absolute atomic E-state index is 0.101. The number of hydrogen-bond donors (Lipinski definition) is 1. The summed E-state index contributed by atoms with van der Waals surface area (Å²) < 4.78 is 27.2. The molecule has 0 atom stereocenters. The molecule has 20 heavy (non-hydrogen) atoms. The Labute approximate surface area is 117 Å².